The highest BCUT2D eigenvalue weighted by atomic mass is 16.1. The van der Waals surface area contributed by atoms with Crippen molar-refractivity contribution < 1.29 is 4.79 Å². The normalized spacial score (nSPS) is 17.0. The van der Waals surface area contributed by atoms with Gasteiger partial charge in [-0.05, 0) is 44.5 Å². The van der Waals surface area contributed by atoms with Crippen molar-refractivity contribution in [2.45, 2.75) is 32.7 Å². The Kier molecular flexibility index (Phi) is 4.73. The SMILES string of the molecule is CCCNC(=O)C1CCN(Cc2nc3ccccc3[nH]2)CC1. The van der Waals surface area contributed by atoms with Crippen LogP contribution >= 0.6 is 0 Å². The van der Waals surface area contributed by atoms with Gasteiger partial charge in [-0.1, -0.05) is 19.1 Å². The lowest BCUT2D eigenvalue weighted by Gasteiger charge is -2.30. The van der Waals surface area contributed by atoms with Crippen molar-refractivity contribution in [2.24, 2.45) is 5.92 Å². The molecular weight excluding hydrogens is 276 g/mol. The van der Waals surface area contributed by atoms with Gasteiger partial charge in [-0.3, -0.25) is 9.69 Å². The highest BCUT2D eigenvalue weighted by molar-refractivity contribution is 5.78. The Morgan fingerprint density at radius 2 is 2.14 bits per heavy atom. The maximum atomic E-state index is 12.0. The van der Waals surface area contributed by atoms with Crippen LogP contribution in [0.2, 0.25) is 0 Å². The number of imidazole rings is 1. The quantitative estimate of drug-likeness (QED) is 0.890. The molecule has 1 fully saturated rings. The van der Waals surface area contributed by atoms with Crippen molar-refractivity contribution in [1.82, 2.24) is 20.2 Å². The van der Waals surface area contributed by atoms with E-state index in [-0.39, 0.29) is 11.8 Å². The fourth-order valence-electron chi connectivity index (χ4n) is 3.04. The summed E-state index contributed by atoms with van der Waals surface area (Å²) in [6.07, 6.45) is 2.88. The van der Waals surface area contributed by atoms with Crippen molar-refractivity contribution in [3.63, 3.8) is 0 Å². The number of piperidine rings is 1. The summed E-state index contributed by atoms with van der Waals surface area (Å²) in [7, 11) is 0. The Hall–Kier alpha value is -1.88. The molecular formula is C17H24N4O. The maximum Gasteiger partial charge on any atom is 0.223 e. The van der Waals surface area contributed by atoms with Crippen LogP contribution in [0.1, 0.15) is 32.0 Å². The monoisotopic (exact) mass is 300 g/mol. The molecule has 2 heterocycles. The molecule has 0 spiro atoms. The number of carbonyl (C=O) groups excluding carboxylic acids is 1. The second-order valence-corrected chi connectivity index (χ2v) is 6.04. The standard InChI is InChI=1S/C17H24N4O/c1-2-9-18-17(22)13-7-10-21(11-8-13)12-16-19-14-5-3-4-6-15(14)20-16/h3-6,13H,2,7-12H2,1H3,(H,18,22)(H,19,20). The van der Waals surface area contributed by atoms with Crippen LogP contribution in [0.15, 0.2) is 24.3 Å². The van der Waals surface area contributed by atoms with E-state index in [9.17, 15) is 4.79 Å². The van der Waals surface area contributed by atoms with Gasteiger partial charge in [-0.2, -0.15) is 0 Å². The molecule has 118 valence electrons. The number of rotatable bonds is 5. The zero-order chi connectivity index (χ0) is 15.4. The van der Waals surface area contributed by atoms with E-state index in [1.807, 2.05) is 18.2 Å². The van der Waals surface area contributed by atoms with Gasteiger partial charge in [0.2, 0.25) is 5.91 Å². The number of likely N-dealkylation sites (tertiary alicyclic amines) is 1. The van der Waals surface area contributed by atoms with Gasteiger partial charge in [0.25, 0.3) is 0 Å². The number of nitrogens with one attached hydrogen (secondary N) is 2. The van der Waals surface area contributed by atoms with Crippen LogP contribution in [0, 0.1) is 5.92 Å². The smallest absolute Gasteiger partial charge is 0.223 e. The van der Waals surface area contributed by atoms with Gasteiger partial charge in [0.05, 0.1) is 17.6 Å². The number of aromatic amines is 1. The molecule has 1 aliphatic heterocycles. The first-order valence-electron chi connectivity index (χ1n) is 8.20. The Morgan fingerprint density at radius 3 is 2.86 bits per heavy atom. The van der Waals surface area contributed by atoms with E-state index in [0.717, 1.165) is 62.3 Å². The molecule has 2 N–H and O–H groups in total. The number of para-hydroxylation sites is 2. The fraction of sp³-hybridized carbons (Fsp3) is 0.529. The van der Waals surface area contributed by atoms with Gasteiger partial charge in [0.1, 0.15) is 5.82 Å². The van der Waals surface area contributed by atoms with Crippen LogP contribution in [-0.2, 0) is 11.3 Å². The highest BCUT2D eigenvalue weighted by Crippen LogP contribution is 2.19. The van der Waals surface area contributed by atoms with Crippen molar-refractivity contribution >= 4 is 16.9 Å². The van der Waals surface area contributed by atoms with E-state index < -0.39 is 0 Å². The maximum absolute atomic E-state index is 12.0. The minimum atomic E-state index is 0.179. The van der Waals surface area contributed by atoms with E-state index in [0.29, 0.717) is 0 Å². The van der Waals surface area contributed by atoms with Gasteiger partial charge in [-0.15, -0.1) is 0 Å². The second-order valence-electron chi connectivity index (χ2n) is 6.04. The third-order valence-electron chi connectivity index (χ3n) is 4.32. The molecule has 1 aromatic carbocycles. The summed E-state index contributed by atoms with van der Waals surface area (Å²) in [5.74, 6) is 1.42. The third kappa shape index (κ3) is 3.47. The molecule has 0 atom stereocenters. The minimum Gasteiger partial charge on any atom is -0.356 e. The molecule has 1 aromatic heterocycles. The molecule has 0 unspecified atom stereocenters. The van der Waals surface area contributed by atoms with Gasteiger partial charge in [0, 0.05) is 12.5 Å². The summed E-state index contributed by atoms with van der Waals surface area (Å²) < 4.78 is 0. The number of amides is 1. The van der Waals surface area contributed by atoms with Crippen LogP contribution in [-0.4, -0.2) is 40.4 Å². The van der Waals surface area contributed by atoms with Crippen molar-refractivity contribution in [3.05, 3.63) is 30.1 Å². The van der Waals surface area contributed by atoms with Crippen LogP contribution in [0.4, 0.5) is 0 Å². The van der Waals surface area contributed by atoms with Crippen molar-refractivity contribution in [1.29, 1.82) is 0 Å². The molecule has 0 radical (unpaired) electrons. The van der Waals surface area contributed by atoms with Crippen LogP contribution in [0.3, 0.4) is 0 Å². The largest absolute Gasteiger partial charge is 0.356 e. The number of nitrogens with zero attached hydrogens (tertiary/aromatic N) is 2. The number of fused-ring (bicyclic) bond motifs is 1. The van der Waals surface area contributed by atoms with E-state index in [1.54, 1.807) is 0 Å². The molecule has 0 aliphatic carbocycles. The number of benzene rings is 1. The topological polar surface area (TPSA) is 61.0 Å². The second kappa shape index (κ2) is 6.92. The lowest BCUT2D eigenvalue weighted by Crippen LogP contribution is -2.40. The lowest BCUT2D eigenvalue weighted by atomic mass is 9.96. The summed E-state index contributed by atoms with van der Waals surface area (Å²) in [5, 5.41) is 3.01. The van der Waals surface area contributed by atoms with E-state index in [2.05, 4.69) is 33.2 Å². The molecule has 0 bridgehead atoms. The van der Waals surface area contributed by atoms with Crippen LogP contribution < -0.4 is 5.32 Å². The molecule has 5 nitrogen and oxygen atoms in total. The molecule has 1 amide bonds. The zero-order valence-electron chi connectivity index (χ0n) is 13.1. The first kappa shape index (κ1) is 15.0. The first-order valence-corrected chi connectivity index (χ1v) is 8.20. The van der Waals surface area contributed by atoms with E-state index in [4.69, 9.17) is 0 Å². The first-order chi connectivity index (χ1) is 10.8. The van der Waals surface area contributed by atoms with Crippen molar-refractivity contribution in [2.75, 3.05) is 19.6 Å². The summed E-state index contributed by atoms with van der Waals surface area (Å²) in [6.45, 7) is 5.62. The van der Waals surface area contributed by atoms with Gasteiger partial charge < -0.3 is 10.3 Å². The summed E-state index contributed by atoms with van der Waals surface area (Å²) in [6, 6.07) is 8.10. The predicted octanol–water partition coefficient (Wildman–Crippen LogP) is 2.30. The Labute approximate surface area is 131 Å². The number of hydrogen-bond donors (Lipinski definition) is 2. The Balaban J connectivity index is 1.52. The fourth-order valence-corrected chi connectivity index (χ4v) is 3.04. The van der Waals surface area contributed by atoms with E-state index in [1.165, 1.54) is 0 Å². The highest BCUT2D eigenvalue weighted by Gasteiger charge is 2.25. The van der Waals surface area contributed by atoms with E-state index >= 15 is 0 Å². The minimum absolute atomic E-state index is 0.179. The number of aromatic nitrogens is 2. The van der Waals surface area contributed by atoms with Crippen LogP contribution in [0.25, 0.3) is 11.0 Å². The van der Waals surface area contributed by atoms with Gasteiger partial charge >= 0.3 is 0 Å². The van der Waals surface area contributed by atoms with Gasteiger partial charge in [-0.25, -0.2) is 4.98 Å². The molecule has 5 heteroatoms. The summed E-state index contributed by atoms with van der Waals surface area (Å²) in [5.41, 5.74) is 2.11. The number of hydrogen-bond acceptors (Lipinski definition) is 3. The number of H-pyrrole nitrogens is 1. The molecule has 0 saturated carbocycles. The molecule has 22 heavy (non-hydrogen) atoms. The average molecular weight is 300 g/mol. The number of carbonyl (C=O) groups is 1. The van der Waals surface area contributed by atoms with Crippen molar-refractivity contribution in [3.8, 4) is 0 Å². The van der Waals surface area contributed by atoms with Crippen LogP contribution in [0.5, 0.6) is 0 Å². The van der Waals surface area contributed by atoms with Gasteiger partial charge in [0.15, 0.2) is 0 Å². The third-order valence-corrected chi connectivity index (χ3v) is 4.32. The summed E-state index contributed by atoms with van der Waals surface area (Å²) >= 11 is 0. The molecule has 1 aliphatic rings. The lowest BCUT2D eigenvalue weighted by molar-refractivity contribution is -0.126. The zero-order valence-corrected chi connectivity index (χ0v) is 13.1. The predicted molar refractivity (Wildman–Crippen MR) is 87.4 cm³/mol. The summed E-state index contributed by atoms with van der Waals surface area (Å²) in [4.78, 5) is 22.4. The average Bonchev–Trinajstić information content (AvgIpc) is 2.95. The molecule has 2 aromatic rings. The Morgan fingerprint density at radius 1 is 1.36 bits per heavy atom. The molecule has 3 rings (SSSR count). The Bertz CT molecular complexity index is 595. The molecule has 1 saturated heterocycles.